The van der Waals surface area contributed by atoms with Gasteiger partial charge in [0.2, 0.25) is 5.95 Å². The number of hydrogen-bond acceptors (Lipinski definition) is 7. The van der Waals surface area contributed by atoms with Gasteiger partial charge < -0.3 is 10.1 Å². The lowest BCUT2D eigenvalue weighted by molar-refractivity contribution is 0.00790. The molecule has 0 radical (unpaired) electrons. The number of nitrogens with one attached hydrogen (secondary N) is 1. The number of fused-ring (bicyclic) bond motifs is 2. The fourth-order valence-electron chi connectivity index (χ4n) is 5.05. The summed E-state index contributed by atoms with van der Waals surface area (Å²) in [6, 6.07) is 9.35. The van der Waals surface area contributed by atoms with Crippen molar-refractivity contribution in [2.24, 2.45) is 0 Å². The van der Waals surface area contributed by atoms with Crippen molar-refractivity contribution in [2.75, 3.05) is 31.6 Å². The van der Waals surface area contributed by atoms with Gasteiger partial charge in [0.15, 0.2) is 0 Å². The molecule has 1 N–H and O–H groups in total. The van der Waals surface area contributed by atoms with Gasteiger partial charge in [-0.15, -0.1) is 5.10 Å². The average molecular weight is 430 g/mol. The van der Waals surface area contributed by atoms with Crippen LogP contribution in [0.4, 0.5) is 5.95 Å². The first kappa shape index (κ1) is 19.6. The van der Waals surface area contributed by atoms with Crippen molar-refractivity contribution in [3.8, 4) is 11.1 Å². The summed E-state index contributed by atoms with van der Waals surface area (Å²) in [6.45, 7) is 3.89. The Labute approximate surface area is 186 Å². The van der Waals surface area contributed by atoms with Gasteiger partial charge in [0.25, 0.3) is 0 Å². The van der Waals surface area contributed by atoms with Gasteiger partial charge in [0, 0.05) is 49.3 Å². The molecular weight excluding hydrogens is 402 g/mol. The van der Waals surface area contributed by atoms with Gasteiger partial charge in [-0.1, -0.05) is 6.07 Å². The van der Waals surface area contributed by atoms with Gasteiger partial charge in [-0.05, 0) is 49.4 Å². The summed E-state index contributed by atoms with van der Waals surface area (Å²) >= 11 is 0. The van der Waals surface area contributed by atoms with E-state index in [9.17, 15) is 0 Å². The summed E-state index contributed by atoms with van der Waals surface area (Å²) in [5.41, 5.74) is 4.94. The van der Waals surface area contributed by atoms with Crippen molar-refractivity contribution >= 4 is 22.5 Å². The predicted molar refractivity (Wildman–Crippen MR) is 124 cm³/mol. The molecule has 8 nitrogen and oxygen atoms in total. The van der Waals surface area contributed by atoms with Crippen LogP contribution in [0.2, 0.25) is 0 Å². The summed E-state index contributed by atoms with van der Waals surface area (Å²) in [5, 5.41) is 8.29. The third-order valence-electron chi connectivity index (χ3n) is 6.79. The number of hydrogen-bond donors (Lipinski definition) is 1. The lowest BCUT2D eigenvalue weighted by Crippen LogP contribution is -2.46. The van der Waals surface area contributed by atoms with Gasteiger partial charge in [-0.2, -0.15) is 0 Å². The maximum atomic E-state index is 5.50. The zero-order valence-corrected chi connectivity index (χ0v) is 18.0. The highest BCUT2D eigenvalue weighted by molar-refractivity contribution is 5.86. The van der Waals surface area contributed by atoms with Crippen molar-refractivity contribution in [3.05, 3.63) is 49.1 Å². The minimum atomic E-state index is 0.429. The van der Waals surface area contributed by atoms with E-state index in [0.29, 0.717) is 18.0 Å². The Morgan fingerprint density at radius 3 is 2.56 bits per heavy atom. The molecule has 4 aromatic rings. The first-order valence-electron chi connectivity index (χ1n) is 11.5. The largest absolute Gasteiger partial charge is 0.379 e. The molecule has 1 aliphatic heterocycles. The van der Waals surface area contributed by atoms with E-state index in [1.54, 1.807) is 12.4 Å². The maximum Gasteiger partial charge on any atom is 0.241 e. The molecule has 0 spiro atoms. The second-order valence-corrected chi connectivity index (χ2v) is 8.70. The highest BCUT2D eigenvalue weighted by Gasteiger charge is 2.27. The molecule has 0 atom stereocenters. The van der Waals surface area contributed by atoms with Crippen molar-refractivity contribution in [1.29, 1.82) is 0 Å². The number of morpholine rings is 1. The number of ether oxygens (including phenoxy) is 1. The van der Waals surface area contributed by atoms with Crippen LogP contribution in [-0.2, 0) is 4.74 Å². The quantitative estimate of drug-likeness (QED) is 0.533. The van der Waals surface area contributed by atoms with Crippen LogP contribution in [0.15, 0.2) is 49.1 Å². The van der Waals surface area contributed by atoms with Crippen LogP contribution in [0.1, 0.15) is 25.7 Å². The summed E-state index contributed by atoms with van der Waals surface area (Å²) in [4.78, 5) is 16.0. The molecule has 1 aromatic carbocycles. The number of anilines is 1. The smallest absolute Gasteiger partial charge is 0.241 e. The van der Waals surface area contributed by atoms with Crippen LogP contribution < -0.4 is 5.32 Å². The van der Waals surface area contributed by atoms with Crippen LogP contribution in [0.25, 0.3) is 27.7 Å². The molecule has 0 unspecified atom stereocenters. The molecule has 32 heavy (non-hydrogen) atoms. The predicted octanol–water partition coefficient (Wildman–Crippen LogP) is 3.39. The number of benzene rings is 1. The lowest BCUT2D eigenvalue weighted by atomic mass is 9.90. The molecule has 1 saturated carbocycles. The molecular formula is C24H27N7O. The van der Waals surface area contributed by atoms with Crippen LogP contribution in [0.3, 0.4) is 0 Å². The minimum Gasteiger partial charge on any atom is -0.379 e. The standard InChI is InChI=1S/C24H27N7O/c1-6-21-22(26-9-8-25-21)15-17(1)20-7-10-31-23(20)16-27-24(29-31)28-18-2-4-19(5-3-18)30-11-13-32-14-12-30/h1,6-10,15-16,18-19H,2-5,11-14H2,(H,28,29)/t18-,19-. The van der Waals surface area contributed by atoms with Crippen LogP contribution in [0.5, 0.6) is 0 Å². The van der Waals surface area contributed by atoms with E-state index in [-0.39, 0.29) is 0 Å². The van der Waals surface area contributed by atoms with Gasteiger partial charge in [0.1, 0.15) is 0 Å². The fraction of sp³-hybridized carbons (Fsp3) is 0.417. The topological polar surface area (TPSA) is 80.5 Å². The van der Waals surface area contributed by atoms with Crippen molar-refractivity contribution in [3.63, 3.8) is 0 Å². The molecule has 0 bridgehead atoms. The van der Waals surface area contributed by atoms with Crippen LogP contribution in [0, 0.1) is 0 Å². The van der Waals surface area contributed by atoms with Gasteiger partial charge in [-0.3, -0.25) is 14.9 Å². The normalized spacial score (nSPS) is 22.4. The Morgan fingerprint density at radius 1 is 0.906 bits per heavy atom. The monoisotopic (exact) mass is 429 g/mol. The summed E-state index contributed by atoms with van der Waals surface area (Å²) in [5.74, 6) is 0.693. The van der Waals surface area contributed by atoms with Gasteiger partial charge >= 0.3 is 0 Å². The molecule has 4 heterocycles. The van der Waals surface area contributed by atoms with Crippen molar-refractivity contribution in [2.45, 2.75) is 37.8 Å². The number of nitrogens with zero attached hydrogens (tertiary/aromatic N) is 6. The van der Waals surface area contributed by atoms with E-state index in [4.69, 9.17) is 9.84 Å². The fourth-order valence-corrected chi connectivity index (χ4v) is 5.05. The van der Waals surface area contributed by atoms with E-state index < -0.39 is 0 Å². The zero-order chi connectivity index (χ0) is 21.3. The summed E-state index contributed by atoms with van der Waals surface area (Å²) < 4.78 is 7.40. The second-order valence-electron chi connectivity index (χ2n) is 8.70. The highest BCUT2D eigenvalue weighted by Crippen LogP contribution is 2.28. The Balaban J connectivity index is 1.16. The Kier molecular flexibility index (Phi) is 5.16. The second kappa shape index (κ2) is 8.44. The summed E-state index contributed by atoms with van der Waals surface area (Å²) in [7, 11) is 0. The van der Waals surface area contributed by atoms with Crippen LogP contribution >= 0.6 is 0 Å². The van der Waals surface area contributed by atoms with E-state index in [1.165, 1.54) is 12.8 Å². The number of rotatable bonds is 4. The van der Waals surface area contributed by atoms with Gasteiger partial charge in [0.05, 0.1) is 36.0 Å². The molecule has 3 aromatic heterocycles. The first-order chi connectivity index (χ1) is 15.8. The van der Waals surface area contributed by atoms with E-state index in [0.717, 1.165) is 66.8 Å². The molecule has 1 aliphatic carbocycles. The molecule has 1 saturated heterocycles. The highest BCUT2D eigenvalue weighted by atomic mass is 16.5. The Morgan fingerprint density at radius 2 is 1.72 bits per heavy atom. The van der Waals surface area contributed by atoms with E-state index in [2.05, 4.69) is 43.4 Å². The zero-order valence-electron chi connectivity index (χ0n) is 18.0. The number of aromatic nitrogens is 5. The Hall–Kier alpha value is -3.10. The van der Waals surface area contributed by atoms with E-state index >= 15 is 0 Å². The molecule has 0 amide bonds. The molecule has 8 heteroatoms. The minimum absolute atomic E-state index is 0.429. The van der Waals surface area contributed by atoms with E-state index in [1.807, 2.05) is 23.0 Å². The lowest BCUT2D eigenvalue weighted by Gasteiger charge is -2.38. The molecule has 164 valence electrons. The molecule has 2 fully saturated rings. The third-order valence-corrected chi connectivity index (χ3v) is 6.79. The summed E-state index contributed by atoms with van der Waals surface area (Å²) in [6.07, 6.45) is 12.1. The molecule has 6 rings (SSSR count). The van der Waals surface area contributed by atoms with Crippen molar-refractivity contribution < 1.29 is 4.74 Å². The van der Waals surface area contributed by atoms with Crippen molar-refractivity contribution in [1.82, 2.24) is 29.5 Å². The first-order valence-corrected chi connectivity index (χ1v) is 11.5. The Bertz CT molecular complexity index is 1230. The average Bonchev–Trinajstić information content (AvgIpc) is 3.28. The van der Waals surface area contributed by atoms with Gasteiger partial charge in [-0.25, -0.2) is 9.50 Å². The maximum absolute atomic E-state index is 5.50. The molecule has 2 aliphatic rings. The third kappa shape index (κ3) is 3.80. The van der Waals surface area contributed by atoms with Crippen LogP contribution in [-0.4, -0.2) is 67.9 Å². The SMILES string of the molecule is c1cnc2cc(-c3ccn4nc(N[C@H]5CC[C@H](N6CCOCC6)CC5)ncc34)ccc2n1.